The summed E-state index contributed by atoms with van der Waals surface area (Å²) in [7, 11) is 3.15. The zero-order chi connectivity index (χ0) is 22.9. The quantitative estimate of drug-likeness (QED) is 0.704. The van der Waals surface area contributed by atoms with Gasteiger partial charge in [0, 0.05) is 38.8 Å². The van der Waals surface area contributed by atoms with E-state index in [1.54, 1.807) is 34.9 Å². The van der Waals surface area contributed by atoms with E-state index in [4.69, 9.17) is 9.15 Å². The van der Waals surface area contributed by atoms with E-state index in [1.165, 1.54) is 23.1 Å². The van der Waals surface area contributed by atoms with Crippen LogP contribution in [0.15, 0.2) is 27.4 Å². The average molecular weight is 450 g/mol. The third-order valence-corrected chi connectivity index (χ3v) is 6.26. The van der Waals surface area contributed by atoms with Crippen LogP contribution in [0.2, 0.25) is 0 Å². The summed E-state index contributed by atoms with van der Waals surface area (Å²) in [5.74, 6) is -0.739. The molecule has 1 N–H and O–H groups in total. The first-order chi connectivity index (χ1) is 14.5. The predicted molar refractivity (Wildman–Crippen MR) is 119 cm³/mol. The monoisotopic (exact) mass is 449 g/mol. The predicted octanol–water partition coefficient (Wildman–Crippen LogP) is 1.52. The first kappa shape index (κ1) is 23.1. The number of nitrogens with one attached hydrogen (secondary N) is 1. The van der Waals surface area contributed by atoms with Crippen LogP contribution in [-0.4, -0.2) is 66.4 Å². The molecule has 0 bridgehead atoms. The van der Waals surface area contributed by atoms with Crippen molar-refractivity contribution in [3.8, 4) is 0 Å². The maximum atomic E-state index is 13.0. The Labute approximate surface area is 183 Å². The van der Waals surface area contributed by atoms with E-state index in [9.17, 15) is 18.9 Å². The van der Waals surface area contributed by atoms with E-state index in [2.05, 4.69) is 4.72 Å². The maximum Gasteiger partial charge on any atom is 0.295 e. The first-order valence-electron chi connectivity index (χ1n) is 9.88. The molecule has 1 aliphatic rings. The Kier molecular flexibility index (Phi) is 6.63. The van der Waals surface area contributed by atoms with Gasteiger partial charge in [-0.3, -0.25) is 14.4 Å². The van der Waals surface area contributed by atoms with Gasteiger partial charge in [0.15, 0.2) is 16.9 Å². The van der Waals surface area contributed by atoms with Crippen LogP contribution in [0, 0.1) is 0 Å². The molecule has 1 aliphatic heterocycles. The SMILES string of the molecule is CN(C)C(=O)c1cc(C(=O)N[S@+]([O-])C(C)(C)C)c2oc(N3CCOCC3)cc(=O)c2c1. The van der Waals surface area contributed by atoms with Crippen molar-refractivity contribution < 1.29 is 23.3 Å². The lowest BCUT2D eigenvalue weighted by Gasteiger charge is -2.27. The molecule has 1 atom stereocenters. The van der Waals surface area contributed by atoms with Crippen LogP contribution in [0.5, 0.6) is 0 Å². The van der Waals surface area contributed by atoms with Crippen molar-refractivity contribution in [2.45, 2.75) is 25.5 Å². The summed E-state index contributed by atoms with van der Waals surface area (Å²) in [6, 6.07) is 4.14. The summed E-state index contributed by atoms with van der Waals surface area (Å²) in [6.45, 7) is 7.26. The van der Waals surface area contributed by atoms with Gasteiger partial charge in [-0.05, 0) is 32.9 Å². The lowest BCUT2D eigenvalue weighted by Crippen LogP contribution is -2.42. The van der Waals surface area contributed by atoms with E-state index in [0.29, 0.717) is 32.2 Å². The van der Waals surface area contributed by atoms with Gasteiger partial charge >= 0.3 is 0 Å². The number of fused-ring (bicyclic) bond motifs is 1. The molecule has 0 radical (unpaired) electrons. The van der Waals surface area contributed by atoms with Gasteiger partial charge in [0.25, 0.3) is 11.8 Å². The van der Waals surface area contributed by atoms with Crippen LogP contribution in [-0.2, 0) is 16.1 Å². The van der Waals surface area contributed by atoms with Gasteiger partial charge in [-0.15, -0.1) is 0 Å². The Morgan fingerprint density at radius 3 is 2.39 bits per heavy atom. The van der Waals surface area contributed by atoms with Gasteiger partial charge in [-0.25, -0.2) is 0 Å². The number of hydrogen-bond donors (Lipinski definition) is 1. The Morgan fingerprint density at radius 1 is 1.16 bits per heavy atom. The number of ether oxygens (including phenoxy) is 1. The molecule has 2 amide bonds. The topological polar surface area (TPSA) is 115 Å². The highest BCUT2D eigenvalue weighted by Gasteiger charge is 2.31. The molecule has 9 nitrogen and oxygen atoms in total. The number of hydrogen-bond acceptors (Lipinski definition) is 7. The molecule has 0 unspecified atom stereocenters. The fourth-order valence-electron chi connectivity index (χ4n) is 3.03. The normalized spacial score (nSPS) is 15.6. The van der Waals surface area contributed by atoms with Crippen molar-refractivity contribution in [1.29, 1.82) is 0 Å². The van der Waals surface area contributed by atoms with Crippen molar-refractivity contribution >= 4 is 40.0 Å². The number of benzene rings is 1. The molecular weight excluding hydrogens is 422 g/mol. The minimum absolute atomic E-state index is 0.0208. The summed E-state index contributed by atoms with van der Waals surface area (Å²) in [5, 5.41) is 0.108. The van der Waals surface area contributed by atoms with Gasteiger partial charge in [0.1, 0.15) is 4.75 Å². The van der Waals surface area contributed by atoms with Crippen LogP contribution in [0.4, 0.5) is 5.88 Å². The zero-order valence-electron chi connectivity index (χ0n) is 18.3. The van der Waals surface area contributed by atoms with Crippen molar-refractivity contribution in [1.82, 2.24) is 9.62 Å². The van der Waals surface area contributed by atoms with E-state index in [-0.39, 0.29) is 33.4 Å². The van der Waals surface area contributed by atoms with E-state index in [0.717, 1.165) is 0 Å². The molecule has 0 spiro atoms. The molecule has 1 saturated heterocycles. The summed E-state index contributed by atoms with van der Waals surface area (Å²) >= 11 is -1.69. The molecule has 0 saturated carbocycles. The summed E-state index contributed by atoms with van der Waals surface area (Å²) in [6.07, 6.45) is 0. The van der Waals surface area contributed by atoms with Crippen LogP contribution < -0.4 is 15.1 Å². The van der Waals surface area contributed by atoms with Crippen molar-refractivity contribution in [2.24, 2.45) is 0 Å². The standard InChI is InChI=1S/C21H27N3O6S/c1-21(2,3)31(28)22-19(26)15-11-13(20(27)23(4)5)10-14-16(25)12-17(30-18(14)15)24-6-8-29-9-7-24/h10-12H,6-9H2,1-5H3,(H,22,26)/t31-/m1/s1. The highest BCUT2D eigenvalue weighted by Crippen LogP contribution is 2.26. The zero-order valence-corrected chi connectivity index (χ0v) is 19.1. The van der Waals surface area contributed by atoms with Gasteiger partial charge in [-0.2, -0.15) is 4.72 Å². The van der Waals surface area contributed by atoms with Crippen LogP contribution >= 0.6 is 0 Å². The third-order valence-electron chi connectivity index (χ3n) is 4.78. The second kappa shape index (κ2) is 8.89. The largest absolute Gasteiger partial charge is 0.593 e. The Balaban J connectivity index is 2.17. The summed E-state index contributed by atoms with van der Waals surface area (Å²) in [4.78, 5) is 41.7. The number of amides is 2. The fraction of sp³-hybridized carbons (Fsp3) is 0.476. The molecule has 10 heteroatoms. The number of anilines is 1. The van der Waals surface area contributed by atoms with Crippen molar-refractivity contribution in [3.05, 3.63) is 39.5 Å². The fourth-order valence-corrected chi connectivity index (χ4v) is 3.61. The smallest absolute Gasteiger partial charge is 0.295 e. The Hall–Kier alpha value is -2.56. The number of carbonyl (C=O) groups is 2. The van der Waals surface area contributed by atoms with E-state index >= 15 is 0 Å². The number of morpholine rings is 1. The highest BCUT2D eigenvalue weighted by molar-refractivity contribution is 7.91. The molecule has 2 aromatic rings. The van der Waals surface area contributed by atoms with E-state index < -0.39 is 22.0 Å². The Morgan fingerprint density at radius 2 is 1.81 bits per heavy atom. The van der Waals surface area contributed by atoms with Gasteiger partial charge < -0.3 is 23.5 Å². The molecular formula is C21H27N3O6S. The number of nitrogens with zero attached hydrogens (tertiary/aromatic N) is 2. The lowest BCUT2D eigenvalue weighted by atomic mass is 10.0. The molecule has 3 rings (SSSR count). The summed E-state index contributed by atoms with van der Waals surface area (Å²) < 4.78 is 25.6. The third kappa shape index (κ3) is 5.03. The first-order valence-corrected chi connectivity index (χ1v) is 11.0. The van der Waals surface area contributed by atoms with Crippen LogP contribution in [0.3, 0.4) is 0 Å². The number of carbonyl (C=O) groups excluding carboxylic acids is 2. The van der Waals surface area contributed by atoms with Crippen LogP contribution in [0.1, 0.15) is 41.5 Å². The molecule has 1 fully saturated rings. The molecule has 2 heterocycles. The highest BCUT2D eigenvalue weighted by atomic mass is 32.2. The van der Waals surface area contributed by atoms with Gasteiger partial charge in [0.2, 0.25) is 0 Å². The minimum atomic E-state index is -1.69. The maximum absolute atomic E-state index is 13.0. The summed E-state index contributed by atoms with van der Waals surface area (Å²) in [5.41, 5.74) is -0.182. The van der Waals surface area contributed by atoms with Gasteiger partial charge in [-0.1, -0.05) is 0 Å². The molecule has 1 aromatic carbocycles. The Bertz CT molecular complexity index is 1050. The minimum Gasteiger partial charge on any atom is -0.593 e. The van der Waals surface area contributed by atoms with E-state index in [1.807, 2.05) is 4.90 Å². The molecule has 1 aromatic heterocycles. The molecule has 31 heavy (non-hydrogen) atoms. The second-order valence-electron chi connectivity index (χ2n) is 8.46. The van der Waals surface area contributed by atoms with Crippen molar-refractivity contribution in [2.75, 3.05) is 45.3 Å². The lowest BCUT2D eigenvalue weighted by molar-refractivity contribution is 0.0827. The molecule has 0 aliphatic carbocycles. The van der Waals surface area contributed by atoms with Gasteiger partial charge in [0.05, 0.1) is 35.5 Å². The molecule has 168 valence electrons. The second-order valence-corrected chi connectivity index (χ2v) is 10.4. The number of rotatable bonds is 4. The van der Waals surface area contributed by atoms with Crippen LogP contribution in [0.25, 0.3) is 11.0 Å². The van der Waals surface area contributed by atoms with Crippen molar-refractivity contribution in [3.63, 3.8) is 0 Å². The average Bonchev–Trinajstić information content (AvgIpc) is 2.72.